The first kappa shape index (κ1) is 9.86. The van der Waals surface area contributed by atoms with Crippen LogP contribution in [0.15, 0.2) is 22.7 Å². The number of Topliss-reactive ketones (excluding diaryl/α,β-unsaturated/α-hetero) is 1. The minimum absolute atomic E-state index is 0.138. The van der Waals surface area contributed by atoms with Gasteiger partial charge in [-0.25, -0.2) is 4.39 Å². The fourth-order valence-corrected chi connectivity index (χ4v) is 1.55. The summed E-state index contributed by atoms with van der Waals surface area (Å²) in [6.07, 6.45) is 0. The van der Waals surface area contributed by atoms with Crippen LogP contribution in [-0.2, 0) is 0 Å². The van der Waals surface area contributed by atoms with E-state index >= 15 is 0 Å². The minimum atomic E-state index is -0.400. The van der Waals surface area contributed by atoms with Crippen molar-refractivity contribution in [3.8, 4) is 0 Å². The maximum Gasteiger partial charge on any atom is 0.174 e. The van der Waals surface area contributed by atoms with Crippen LogP contribution < -0.4 is 0 Å². The molecular weight excluding hydrogens is 291 g/mol. The van der Waals surface area contributed by atoms with Gasteiger partial charge in [-0.2, -0.15) is 0 Å². The summed E-state index contributed by atoms with van der Waals surface area (Å²) in [4.78, 5) is 11.1. The number of rotatable bonds is 2. The molecule has 0 spiro atoms. The predicted octanol–water partition coefficient (Wildman–Crippen LogP) is 3.17. The molecule has 0 N–H and O–H groups in total. The van der Waals surface area contributed by atoms with Crippen molar-refractivity contribution in [2.24, 2.45) is 0 Å². The first-order valence-electron chi connectivity index (χ1n) is 3.19. The fourth-order valence-electron chi connectivity index (χ4n) is 0.783. The van der Waals surface area contributed by atoms with Gasteiger partial charge < -0.3 is 0 Å². The highest BCUT2D eigenvalue weighted by atomic mass is 79.9. The van der Waals surface area contributed by atoms with Crippen molar-refractivity contribution in [2.75, 3.05) is 5.33 Å². The summed E-state index contributed by atoms with van der Waals surface area (Å²) >= 11 is 6.18. The van der Waals surface area contributed by atoms with Gasteiger partial charge in [-0.15, -0.1) is 0 Å². The monoisotopic (exact) mass is 294 g/mol. The predicted molar refractivity (Wildman–Crippen MR) is 52.2 cm³/mol. The lowest BCUT2D eigenvalue weighted by Crippen LogP contribution is -2.01. The standard InChI is InChI=1S/C8H5Br2FO/c9-4-8(12)6-3-5(11)1-2-7(6)10/h1-3H,4H2. The second kappa shape index (κ2) is 4.14. The molecule has 1 nitrogen and oxygen atoms in total. The third kappa shape index (κ3) is 2.14. The molecule has 0 aliphatic carbocycles. The van der Waals surface area contributed by atoms with Gasteiger partial charge in [-0.3, -0.25) is 4.79 Å². The Balaban J connectivity index is 3.13. The number of halogens is 3. The summed E-state index contributed by atoms with van der Waals surface area (Å²) in [5.74, 6) is -0.538. The average Bonchev–Trinajstić information content (AvgIpc) is 2.08. The number of hydrogen-bond donors (Lipinski definition) is 0. The first-order chi connectivity index (χ1) is 5.65. The van der Waals surface area contributed by atoms with Gasteiger partial charge in [0.2, 0.25) is 0 Å². The number of hydrogen-bond acceptors (Lipinski definition) is 1. The van der Waals surface area contributed by atoms with Crippen LogP contribution in [-0.4, -0.2) is 11.1 Å². The highest BCUT2D eigenvalue weighted by Gasteiger charge is 2.08. The van der Waals surface area contributed by atoms with Crippen LogP contribution >= 0.6 is 31.9 Å². The van der Waals surface area contributed by atoms with E-state index in [1.165, 1.54) is 18.2 Å². The maximum absolute atomic E-state index is 12.7. The highest BCUT2D eigenvalue weighted by molar-refractivity contribution is 9.10. The largest absolute Gasteiger partial charge is 0.293 e. The Morgan fingerprint density at radius 1 is 1.50 bits per heavy atom. The lowest BCUT2D eigenvalue weighted by molar-refractivity contribution is 0.102. The Morgan fingerprint density at radius 3 is 2.75 bits per heavy atom. The minimum Gasteiger partial charge on any atom is -0.293 e. The molecule has 4 heteroatoms. The van der Waals surface area contributed by atoms with Crippen molar-refractivity contribution in [1.29, 1.82) is 0 Å². The van der Waals surface area contributed by atoms with Gasteiger partial charge in [0.05, 0.1) is 5.33 Å². The quantitative estimate of drug-likeness (QED) is 0.605. The second-order valence-corrected chi connectivity index (χ2v) is 3.60. The molecule has 12 heavy (non-hydrogen) atoms. The maximum atomic E-state index is 12.7. The van der Waals surface area contributed by atoms with Crippen molar-refractivity contribution in [3.63, 3.8) is 0 Å². The van der Waals surface area contributed by atoms with Crippen molar-refractivity contribution >= 4 is 37.6 Å². The molecular formula is C8H5Br2FO. The summed E-state index contributed by atoms with van der Waals surface area (Å²) in [5, 5.41) is 0.203. The number of benzene rings is 1. The van der Waals surface area contributed by atoms with E-state index in [1.54, 1.807) is 0 Å². The number of carbonyl (C=O) groups is 1. The molecule has 64 valence electrons. The molecule has 0 aromatic heterocycles. The van der Waals surface area contributed by atoms with Crippen LogP contribution in [0.4, 0.5) is 4.39 Å². The van der Waals surface area contributed by atoms with Crippen LogP contribution in [0.1, 0.15) is 10.4 Å². The summed E-state index contributed by atoms with van der Waals surface area (Å²) in [6.45, 7) is 0. The van der Waals surface area contributed by atoms with E-state index in [2.05, 4.69) is 31.9 Å². The van der Waals surface area contributed by atoms with E-state index in [1.807, 2.05) is 0 Å². The molecule has 0 bridgehead atoms. The van der Waals surface area contributed by atoms with E-state index in [4.69, 9.17) is 0 Å². The summed E-state index contributed by atoms with van der Waals surface area (Å²) in [6, 6.07) is 4.04. The molecule has 0 aliphatic heterocycles. The van der Waals surface area contributed by atoms with Crippen LogP contribution in [0.5, 0.6) is 0 Å². The molecule has 0 saturated carbocycles. The molecule has 1 rings (SSSR count). The van der Waals surface area contributed by atoms with Gasteiger partial charge in [0.1, 0.15) is 5.82 Å². The first-order valence-corrected chi connectivity index (χ1v) is 5.11. The van der Waals surface area contributed by atoms with Crippen molar-refractivity contribution in [1.82, 2.24) is 0 Å². The van der Waals surface area contributed by atoms with Crippen LogP contribution in [0, 0.1) is 5.82 Å². The van der Waals surface area contributed by atoms with E-state index < -0.39 is 5.82 Å². The molecule has 0 unspecified atom stereocenters. The van der Waals surface area contributed by atoms with Gasteiger partial charge in [0.25, 0.3) is 0 Å². The van der Waals surface area contributed by atoms with Gasteiger partial charge >= 0.3 is 0 Å². The normalized spacial score (nSPS) is 9.92. The molecule has 0 saturated heterocycles. The molecule has 0 fully saturated rings. The van der Waals surface area contributed by atoms with Crippen LogP contribution in [0.25, 0.3) is 0 Å². The third-order valence-electron chi connectivity index (χ3n) is 1.35. The molecule has 1 aromatic rings. The molecule has 0 amide bonds. The van der Waals surface area contributed by atoms with E-state index in [0.717, 1.165) is 0 Å². The molecule has 0 aliphatic rings. The van der Waals surface area contributed by atoms with Crippen molar-refractivity contribution in [2.45, 2.75) is 0 Å². The van der Waals surface area contributed by atoms with E-state index in [-0.39, 0.29) is 11.1 Å². The zero-order valence-corrected chi connectivity index (χ0v) is 9.15. The van der Waals surface area contributed by atoms with Crippen molar-refractivity contribution < 1.29 is 9.18 Å². The van der Waals surface area contributed by atoms with Crippen LogP contribution in [0.2, 0.25) is 0 Å². The Bertz CT molecular complexity index is 312. The molecule has 0 atom stereocenters. The Labute approximate surface area is 86.2 Å². The molecule has 0 radical (unpaired) electrons. The highest BCUT2D eigenvalue weighted by Crippen LogP contribution is 2.18. The topological polar surface area (TPSA) is 17.1 Å². The van der Waals surface area contributed by atoms with Gasteiger partial charge in [0.15, 0.2) is 5.78 Å². The number of ketones is 1. The summed E-state index contributed by atoms with van der Waals surface area (Å²) in [5.41, 5.74) is 0.367. The van der Waals surface area contributed by atoms with E-state index in [9.17, 15) is 9.18 Å². The molecule has 0 heterocycles. The average molecular weight is 296 g/mol. The van der Waals surface area contributed by atoms with Gasteiger partial charge in [-0.05, 0) is 18.2 Å². The Hall–Kier alpha value is -0.220. The Morgan fingerprint density at radius 2 is 2.17 bits per heavy atom. The van der Waals surface area contributed by atoms with E-state index in [0.29, 0.717) is 10.0 Å². The Kier molecular flexibility index (Phi) is 3.40. The summed E-state index contributed by atoms with van der Waals surface area (Å²) in [7, 11) is 0. The lowest BCUT2D eigenvalue weighted by atomic mass is 10.1. The smallest absolute Gasteiger partial charge is 0.174 e. The van der Waals surface area contributed by atoms with Gasteiger partial charge in [-0.1, -0.05) is 31.9 Å². The SMILES string of the molecule is O=C(CBr)c1cc(F)ccc1Br. The second-order valence-electron chi connectivity index (χ2n) is 2.18. The summed E-state index contributed by atoms with van der Waals surface area (Å²) < 4.78 is 13.3. The third-order valence-corrected chi connectivity index (χ3v) is 2.55. The van der Waals surface area contributed by atoms with Crippen LogP contribution in [0.3, 0.4) is 0 Å². The fraction of sp³-hybridized carbons (Fsp3) is 0.125. The van der Waals surface area contributed by atoms with Crippen molar-refractivity contribution in [3.05, 3.63) is 34.1 Å². The number of alkyl halides is 1. The zero-order chi connectivity index (χ0) is 9.14. The van der Waals surface area contributed by atoms with Gasteiger partial charge in [0, 0.05) is 10.0 Å². The molecule has 1 aromatic carbocycles. The lowest BCUT2D eigenvalue weighted by Gasteiger charge is -1.99. The zero-order valence-electron chi connectivity index (χ0n) is 5.98. The number of carbonyl (C=O) groups excluding carboxylic acids is 1.